The number of phenols is 1. The van der Waals surface area contributed by atoms with Crippen LogP contribution < -0.4 is 21.5 Å². The lowest BCUT2D eigenvalue weighted by molar-refractivity contribution is -0.144. The van der Waals surface area contributed by atoms with Gasteiger partial charge in [0.15, 0.2) is 5.75 Å². The molecule has 0 aliphatic rings. The first kappa shape index (κ1) is 24.6. The van der Waals surface area contributed by atoms with E-state index >= 15 is 0 Å². The van der Waals surface area contributed by atoms with E-state index in [0.717, 1.165) is 16.4 Å². The molecule has 176 valence electrons. The molecule has 1 atom stereocenters. The van der Waals surface area contributed by atoms with Gasteiger partial charge in [0.1, 0.15) is 22.3 Å². The second kappa shape index (κ2) is 8.69. The summed E-state index contributed by atoms with van der Waals surface area (Å²) in [7, 11) is -1.82. The zero-order valence-corrected chi connectivity index (χ0v) is 18.6. The van der Waals surface area contributed by atoms with Crippen molar-refractivity contribution >= 4 is 38.7 Å². The number of halogens is 4. The highest BCUT2D eigenvalue weighted by Gasteiger charge is 2.42. The molecule has 0 bridgehead atoms. The molecule has 0 aromatic heterocycles. The van der Waals surface area contributed by atoms with Crippen molar-refractivity contribution in [3.8, 4) is 5.75 Å². The highest BCUT2D eigenvalue weighted by atomic mass is 35.5. The maximum absolute atomic E-state index is 13.6. The van der Waals surface area contributed by atoms with E-state index in [-0.39, 0.29) is 16.3 Å². The Balaban J connectivity index is 2.03. The van der Waals surface area contributed by atoms with Gasteiger partial charge >= 0.3 is 6.18 Å². The van der Waals surface area contributed by atoms with Crippen molar-refractivity contribution in [2.24, 2.45) is 0 Å². The van der Waals surface area contributed by atoms with Gasteiger partial charge in [-0.15, -0.1) is 0 Å². The van der Waals surface area contributed by atoms with Gasteiger partial charge in [0.25, 0.3) is 10.9 Å². The second-order valence-corrected chi connectivity index (χ2v) is 9.62. The third-order valence-corrected chi connectivity index (χ3v) is 7.06. The number of benzene rings is 2. The molecule has 3 rings (SSSR count). The molecule has 13 heteroatoms. The minimum Gasteiger partial charge on any atom is -0.504 e. The predicted molar refractivity (Wildman–Crippen MR) is 117 cm³/mol. The summed E-state index contributed by atoms with van der Waals surface area (Å²) in [5.74, 6) is -0.870. The first-order chi connectivity index (χ1) is 15.3. The van der Waals surface area contributed by atoms with Crippen molar-refractivity contribution in [1.82, 2.24) is 4.31 Å². The Morgan fingerprint density at radius 2 is 1.58 bits per heavy atom. The summed E-state index contributed by atoms with van der Waals surface area (Å²) in [4.78, 5) is 23.5. The lowest BCUT2D eigenvalue weighted by Gasteiger charge is -2.25. The number of aromatic hydroxyl groups is 1. The molecular weight excluding hydrogens is 487 g/mol. The summed E-state index contributed by atoms with van der Waals surface area (Å²) in [5, 5.41) is 14.5. The van der Waals surface area contributed by atoms with Crippen molar-refractivity contribution in [2.45, 2.75) is 17.1 Å². The number of rotatable bonds is 7. The van der Waals surface area contributed by atoms with Gasteiger partial charge in [-0.3, -0.25) is 9.59 Å². The Hall–Kier alpha value is -3.09. The lowest BCUT2D eigenvalue weighted by atomic mass is 10.0. The first-order valence-corrected chi connectivity index (χ1v) is 11.0. The van der Waals surface area contributed by atoms with Gasteiger partial charge < -0.3 is 15.7 Å². The van der Waals surface area contributed by atoms with Crippen LogP contribution >= 0.6 is 11.6 Å². The average molecular weight is 504 g/mol. The maximum atomic E-state index is 13.6. The summed E-state index contributed by atoms with van der Waals surface area (Å²) >= 11 is 5.92. The summed E-state index contributed by atoms with van der Waals surface area (Å²) < 4.78 is 66.7. The zero-order chi connectivity index (χ0) is 24.7. The second-order valence-electron chi connectivity index (χ2n) is 7.12. The fraction of sp³-hybridized carbons (Fsp3) is 0.200. The number of nitrogens with zero attached hydrogens (tertiary/aromatic N) is 1. The van der Waals surface area contributed by atoms with Crippen LogP contribution in [0.3, 0.4) is 0 Å². The number of alkyl halides is 3. The molecular formula is C20H17ClF3N3O5S. The quantitative estimate of drug-likeness (QED) is 0.334. The van der Waals surface area contributed by atoms with Gasteiger partial charge in [0, 0.05) is 14.1 Å². The topological polar surface area (TPSA) is 116 Å². The Kier molecular flexibility index (Phi) is 6.46. The molecule has 8 nitrogen and oxygen atoms in total. The third kappa shape index (κ3) is 4.54. The standard InChI is InChI=1S/C20H17ClF3N3O5S/c1-27(2)33(31,32)18-11(21)8-9-12(15(18)28)25-13-14(17(30)16(13)29)26-19(20(22,23)24)10-6-4-3-5-7-10/h3-9,19,25-26,28H,1-2H3. The van der Waals surface area contributed by atoms with Gasteiger partial charge in [-0.05, 0) is 17.7 Å². The number of hydrogen-bond acceptors (Lipinski definition) is 7. The molecule has 0 fully saturated rings. The molecule has 3 N–H and O–H groups in total. The Morgan fingerprint density at radius 1 is 1.00 bits per heavy atom. The Bertz CT molecular complexity index is 1370. The van der Waals surface area contributed by atoms with Crippen LogP contribution in [0.4, 0.5) is 30.2 Å². The molecule has 0 amide bonds. The van der Waals surface area contributed by atoms with E-state index in [2.05, 4.69) is 5.32 Å². The molecule has 0 saturated carbocycles. The Morgan fingerprint density at radius 3 is 2.12 bits per heavy atom. The van der Waals surface area contributed by atoms with Crippen molar-refractivity contribution in [3.63, 3.8) is 0 Å². The van der Waals surface area contributed by atoms with E-state index in [9.17, 15) is 36.3 Å². The fourth-order valence-electron chi connectivity index (χ4n) is 3.00. The molecule has 0 aliphatic heterocycles. The number of nitrogens with one attached hydrogen (secondary N) is 2. The van der Waals surface area contributed by atoms with Crippen LogP contribution in [0, 0.1) is 0 Å². The minimum absolute atomic E-state index is 0.197. The first-order valence-electron chi connectivity index (χ1n) is 9.19. The van der Waals surface area contributed by atoms with Crippen LogP contribution in [-0.2, 0) is 10.0 Å². The Labute approximate surface area is 191 Å². The molecule has 3 aromatic rings. The highest BCUT2D eigenvalue weighted by molar-refractivity contribution is 7.89. The fourth-order valence-corrected chi connectivity index (χ4v) is 4.48. The van der Waals surface area contributed by atoms with Crippen LogP contribution in [0.1, 0.15) is 11.6 Å². The average Bonchev–Trinajstić information content (AvgIpc) is 2.73. The molecule has 0 radical (unpaired) electrons. The monoisotopic (exact) mass is 503 g/mol. The summed E-state index contributed by atoms with van der Waals surface area (Å²) in [6, 6.07) is 6.62. The molecule has 0 heterocycles. The third-order valence-electron chi connectivity index (χ3n) is 4.74. The van der Waals surface area contributed by atoms with E-state index in [1.54, 1.807) is 0 Å². The molecule has 3 aromatic carbocycles. The van der Waals surface area contributed by atoms with Crippen molar-refractivity contribution in [2.75, 3.05) is 24.7 Å². The molecule has 0 aliphatic carbocycles. The molecule has 33 heavy (non-hydrogen) atoms. The van der Waals surface area contributed by atoms with Crippen molar-refractivity contribution in [3.05, 3.63) is 73.5 Å². The van der Waals surface area contributed by atoms with Crippen molar-refractivity contribution in [1.29, 1.82) is 0 Å². The molecule has 0 spiro atoms. The summed E-state index contributed by atoms with van der Waals surface area (Å²) in [6.07, 6.45) is -4.81. The number of sulfonamides is 1. The van der Waals surface area contributed by atoms with E-state index < -0.39 is 55.1 Å². The number of anilines is 3. The summed E-state index contributed by atoms with van der Waals surface area (Å²) in [6.45, 7) is 0. The van der Waals surface area contributed by atoms with Crippen LogP contribution in [0.5, 0.6) is 5.75 Å². The largest absolute Gasteiger partial charge is 0.504 e. The van der Waals surface area contributed by atoms with Crippen LogP contribution in [-0.4, -0.2) is 38.1 Å². The van der Waals surface area contributed by atoms with Gasteiger partial charge in [-0.1, -0.05) is 41.9 Å². The maximum Gasteiger partial charge on any atom is 0.412 e. The predicted octanol–water partition coefficient (Wildman–Crippen LogP) is 3.35. The van der Waals surface area contributed by atoms with E-state index in [1.165, 1.54) is 44.4 Å². The summed E-state index contributed by atoms with van der Waals surface area (Å²) in [5.41, 5.74) is -4.10. The number of phenolic OH excluding ortho intramolecular Hbond substituents is 1. The highest BCUT2D eigenvalue weighted by Crippen LogP contribution is 2.41. The van der Waals surface area contributed by atoms with Crippen LogP contribution in [0.2, 0.25) is 5.02 Å². The van der Waals surface area contributed by atoms with E-state index in [4.69, 9.17) is 11.6 Å². The smallest absolute Gasteiger partial charge is 0.412 e. The van der Waals surface area contributed by atoms with E-state index in [1.807, 2.05) is 5.32 Å². The van der Waals surface area contributed by atoms with Gasteiger partial charge in [-0.2, -0.15) is 13.2 Å². The van der Waals surface area contributed by atoms with Crippen LogP contribution in [0.25, 0.3) is 0 Å². The van der Waals surface area contributed by atoms with Crippen LogP contribution in [0.15, 0.2) is 56.9 Å². The molecule has 1 unspecified atom stereocenters. The van der Waals surface area contributed by atoms with Gasteiger partial charge in [0.05, 0.1) is 10.7 Å². The van der Waals surface area contributed by atoms with Gasteiger partial charge in [-0.25, -0.2) is 12.7 Å². The lowest BCUT2D eigenvalue weighted by Crippen LogP contribution is -2.40. The SMILES string of the molecule is CN(C)S(=O)(=O)c1c(Cl)ccc(Nc2c(NC(c3ccccc3)C(F)(F)F)c(=O)c2=O)c1O. The number of hydrogen-bond donors (Lipinski definition) is 3. The van der Waals surface area contributed by atoms with E-state index in [0.29, 0.717) is 0 Å². The van der Waals surface area contributed by atoms with Crippen molar-refractivity contribution < 1.29 is 26.7 Å². The molecule has 0 saturated heterocycles. The normalized spacial score (nSPS) is 13.3. The zero-order valence-electron chi connectivity index (χ0n) is 17.1. The van der Waals surface area contributed by atoms with Gasteiger partial charge in [0.2, 0.25) is 10.0 Å². The minimum atomic E-state index is -4.81.